The van der Waals surface area contributed by atoms with Crippen molar-refractivity contribution in [1.29, 1.82) is 0 Å². The van der Waals surface area contributed by atoms with Gasteiger partial charge < -0.3 is 19.3 Å². The largest absolute Gasteiger partial charge is 0.497 e. The van der Waals surface area contributed by atoms with Crippen LogP contribution in [0.3, 0.4) is 0 Å². The summed E-state index contributed by atoms with van der Waals surface area (Å²) in [6, 6.07) is 7.64. The van der Waals surface area contributed by atoms with Gasteiger partial charge in [0.25, 0.3) is 0 Å². The van der Waals surface area contributed by atoms with Crippen molar-refractivity contribution in [2.24, 2.45) is 0 Å². The molecule has 0 aliphatic carbocycles. The maximum atomic E-state index is 10.5. The molecular weight excluding hydrogens is 326 g/mol. The van der Waals surface area contributed by atoms with Crippen LogP contribution in [-0.4, -0.2) is 40.5 Å². The standard InChI is InChI=1S/C17H21N3O5/c1-17(2,25-10-12-4-6-13(23-3)7-5-12)11-24-15-9-18-14(8-19-15)20-16(21)22/h4-9H,10-11H2,1-3H3,(H,18,20)(H,21,22). The summed E-state index contributed by atoms with van der Waals surface area (Å²) >= 11 is 0. The van der Waals surface area contributed by atoms with Crippen molar-refractivity contribution < 1.29 is 24.1 Å². The van der Waals surface area contributed by atoms with E-state index in [0.29, 0.717) is 6.61 Å². The number of methoxy groups -OCH3 is 1. The number of benzene rings is 1. The number of nitrogens with one attached hydrogen (secondary N) is 1. The maximum Gasteiger partial charge on any atom is 0.410 e. The van der Waals surface area contributed by atoms with E-state index in [0.717, 1.165) is 11.3 Å². The number of carbonyl (C=O) groups is 1. The van der Waals surface area contributed by atoms with Crippen molar-refractivity contribution in [2.45, 2.75) is 26.1 Å². The first-order chi connectivity index (χ1) is 11.9. The average Bonchev–Trinajstić information content (AvgIpc) is 2.59. The Morgan fingerprint density at radius 1 is 1.20 bits per heavy atom. The minimum Gasteiger partial charge on any atom is -0.497 e. The second-order valence-corrected chi connectivity index (χ2v) is 5.86. The van der Waals surface area contributed by atoms with Gasteiger partial charge >= 0.3 is 6.09 Å². The molecule has 1 aromatic carbocycles. The molecule has 1 amide bonds. The van der Waals surface area contributed by atoms with E-state index in [2.05, 4.69) is 15.3 Å². The summed E-state index contributed by atoms with van der Waals surface area (Å²) in [6.07, 6.45) is 1.44. The van der Waals surface area contributed by atoms with Crippen LogP contribution >= 0.6 is 0 Å². The second-order valence-electron chi connectivity index (χ2n) is 5.86. The van der Waals surface area contributed by atoms with Gasteiger partial charge in [-0.3, -0.25) is 5.32 Å². The molecule has 0 spiro atoms. The minimum atomic E-state index is -1.20. The monoisotopic (exact) mass is 347 g/mol. The number of hydrogen-bond acceptors (Lipinski definition) is 6. The predicted molar refractivity (Wildman–Crippen MR) is 91.0 cm³/mol. The predicted octanol–water partition coefficient (Wildman–Crippen LogP) is 2.95. The molecule has 0 radical (unpaired) electrons. The van der Waals surface area contributed by atoms with E-state index in [1.54, 1.807) is 7.11 Å². The second kappa shape index (κ2) is 8.29. The summed E-state index contributed by atoms with van der Waals surface area (Å²) < 4.78 is 16.6. The molecule has 0 saturated heterocycles. The van der Waals surface area contributed by atoms with Gasteiger partial charge in [0.1, 0.15) is 12.4 Å². The fraction of sp³-hybridized carbons (Fsp3) is 0.353. The van der Waals surface area contributed by atoms with Crippen LogP contribution in [0.4, 0.5) is 10.6 Å². The van der Waals surface area contributed by atoms with Crippen molar-refractivity contribution in [1.82, 2.24) is 9.97 Å². The Morgan fingerprint density at radius 3 is 2.48 bits per heavy atom. The van der Waals surface area contributed by atoms with Crippen molar-refractivity contribution in [3.63, 3.8) is 0 Å². The first-order valence-corrected chi connectivity index (χ1v) is 7.60. The molecule has 1 aromatic heterocycles. The van der Waals surface area contributed by atoms with Crippen molar-refractivity contribution in [3.8, 4) is 11.6 Å². The summed E-state index contributed by atoms with van der Waals surface area (Å²) in [5, 5.41) is 10.7. The fourth-order valence-corrected chi connectivity index (χ4v) is 1.85. The molecule has 0 saturated carbocycles. The first kappa shape index (κ1) is 18.5. The van der Waals surface area contributed by atoms with E-state index in [1.165, 1.54) is 12.4 Å². The Labute approximate surface area is 145 Å². The van der Waals surface area contributed by atoms with Gasteiger partial charge in [-0.1, -0.05) is 12.1 Å². The van der Waals surface area contributed by atoms with Gasteiger partial charge in [-0.2, -0.15) is 0 Å². The summed E-state index contributed by atoms with van der Waals surface area (Å²) in [5.74, 6) is 1.22. The molecule has 0 bridgehead atoms. The number of anilines is 1. The third-order valence-electron chi connectivity index (χ3n) is 3.22. The lowest BCUT2D eigenvalue weighted by molar-refractivity contribution is -0.0578. The molecule has 0 unspecified atom stereocenters. The van der Waals surface area contributed by atoms with E-state index >= 15 is 0 Å². The first-order valence-electron chi connectivity index (χ1n) is 7.60. The van der Waals surface area contributed by atoms with Crippen LogP contribution in [0.1, 0.15) is 19.4 Å². The minimum absolute atomic E-state index is 0.134. The van der Waals surface area contributed by atoms with Gasteiger partial charge in [0.05, 0.1) is 31.7 Å². The fourth-order valence-electron chi connectivity index (χ4n) is 1.85. The lowest BCUT2D eigenvalue weighted by Crippen LogP contribution is -2.32. The van der Waals surface area contributed by atoms with Gasteiger partial charge in [-0.05, 0) is 31.5 Å². The number of hydrogen-bond donors (Lipinski definition) is 2. The third kappa shape index (κ3) is 6.27. The lowest BCUT2D eigenvalue weighted by atomic mass is 10.1. The van der Waals surface area contributed by atoms with Crippen LogP contribution in [0, 0.1) is 0 Å². The maximum absolute atomic E-state index is 10.5. The van der Waals surface area contributed by atoms with Gasteiger partial charge in [0.2, 0.25) is 5.88 Å². The number of rotatable bonds is 8. The molecule has 2 rings (SSSR count). The van der Waals surface area contributed by atoms with E-state index in [4.69, 9.17) is 19.3 Å². The number of nitrogens with zero attached hydrogens (tertiary/aromatic N) is 2. The number of ether oxygens (including phenoxy) is 3. The molecule has 25 heavy (non-hydrogen) atoms. The molecule has 0 aliphatic rings. The highest BCUT2D eigenvalue weighted by Gasteiger charge is 2.20. The third-order valence-corrected chi connectivity index (χ3v) is 3.22. The van der Waals surface area contributed by atoms with Crippen LogP contribution in [0.2, 0.25) is 0 Å². The molecule has 0 atom stereocenters. The van der Waals surface area contributed by atoms with Crippen LogP contribution < -0.4 is 14.8 Å². The molecule has 2 N–H and O–H groups in total. The zero-order chi connectivity index (χ0) is 18.3. The summed E-state index contributed by atoms with van der Waals surface area (Å²) in [5.41, 5.74) is 0.484. The highest BCUT2D eigenvalue weighted by atomic mass is 16.5. The summed E-state index contributed by atoms with van der Waals surface area (Å²) in [7, 11) is 1.62. The van der Waals surface area contributed by atoms with Gasteiger partial charge in [0, 0.05) is 0 Å². The number of aromatic nitrogens is 2. The molecule has 134 valence electrons. The van der Waals surface area contributed by atoms with Crippen LogP contribution in [0.5, 0.6) is 11.6 Å². The Morgan fingerprint density at radius 2 is 1.92 bits per heavy atom. The quantitative estimate of drug-likeness (QED) is 0.756. The van der Waals surface area contributed by atoms with E-state index in [1.807, 2.05) is 38.1 Å². The van der Waals surface area contributed by atoms with Crippen molar-refractivity contribution in [3.05, 3.63) is 42.2 Å². The van der Waals surface area contributed by atoms with Crippen molar-refractivity contribution >= 4 is 11.9 Å². The SMILES string of the molecule is COc1ccc(COC(C)(C)COc2cnc(NC(=O)O)cn2)cc1. The van der Waals surface area contributed by atoms with E-state index in [-0.39, 0.29) is 18.3 Å². The topological polar surface area (TPSA) is 103 Å². The summed E-state index contributed by atoms with van der Waals surface area (Å²) in [4.78, 5) is 18.4. The van der Waals surface area contributed by atoms with Crippen molar-refractivity contribution in [2.75, 3.05) is 19.0 Å². The Kier molecular flexibility index (Phi) is 6.13. The van der Waals surface area contributed by atoms with E-state index in [9.17, 15) is 4.79 Å². The van der Waals surface area contributed by atoms with Gasteiger partial charge in [-0.25, -0.2) is 14.8 Å². The van der Waals surface area contributed by atoms with Crippen LogP contribution in [0.15, 0.2) is 36.7 Å². The summed E-state index contributed by atoms with van der Waals surface area (Å²) in [6.45, 7) is 4.52. The average molecular weight is 347 g/mol. The molecular formula is C17H21N3O5. The molecule has 8 heteroatoms. The Hall–Kier alpha value is -2.87. The highest BCUT2D eigenvalue weighted by Crippen LogP contribution is 2.17. The zero-order valence-corrected chi connectivity index (χ0v) is 14.4. The smallest absolute Gasteiger partial charge is 0.410 e. The number of amides is 1. The highest BCUT2D eigenvalue weighted by molar-refractivity contribution is 5.81. The molecule has 0 fully saturated rings. The van der Waals surface area contributed by atoms with Crippen LogP contribution in [0.25, 0.3) is 0 Å². The van der Waals surface area contributed by atoms with Gasteiger partial charge in [0.15, 0.2) is 5.82 Å². The van der Waals surface area contributed by atoms with E-state index < -0.39 is 11.7 Å². The molecule has 8 nitrogen and oxygen atoms in total. The Bertz CT molecular complexity index is 686. The Balaban J connectivity index is 1.82. The molecule has 0 aliphatic heterocycles. The number of carboxylic acid groups (broad SMARTS) is 1. The molecule has 1 heterocycles. The van der Waals surface area contributed by atoms with Crippen LogP contribution in [-0.2, 0) is 11.3 Å². The molecule has 2 aromatic rings. The lowest BCUT2D eigenvalue weighted by Gasteiger charge is -2.25. The zero-order valence-electron chi connectivity index (χ0n) is 14.4. The normalized spacial score (nSPS) is 11.0. The van der Waals surface area contributed by atoms with Gasteiger partial charge in [-0.15, -0.1) is 0 Å².